The van der Waals surface area contributed by atoms with Crippen LogP contribution in [0.5, 0.6) is 0 Å². The number of nitro groups is 1. The van der Waals surface area contributed by atoms with Crippen LogP contribution in [-0.4, -0.2) is 37.2 Å². The number of anilines is 1. The zero-order chi connectivity index (χ0) is 33.3. The van der Waals surface area contributed by atoms with Crippen LogP contribution < -0.4 is 5.73 Å². The second kappa shape index (κ2) is 15.3. The number of nitro benzene ring substituents is 1. The van der Waals surface area contributed by atoms with Gasteiger partial charge in [0.25, 0.3) is 10.9 Å². The molecule has 0 aliphatic rings. The summed E-state index contributed by atoms with van der Waals surface area (Å²) in [4.78, 5) is 44.7. The summed E-state index contributed by atoms with van der Waals surface area (Å²) in [6, 6.07) is 10.1. The number of non-ortho nitro benzene ring substituents is 1. The van der Waals surface area contributed by atoms with Crippen LogP contribution in [0.3, 0.4) is 0 Å². The third kappa shape index (κ3) is 9.28. The highest BCUT2D eigenvalue weighted by molar-refractivity contribution is 6.67. The van der Waals surface area contributed by atoms with E-state index in [1.165, 1.54) is 30.7 Å². The fourth-order valence-electron chi connectivity index (χ4n) is 4.00. The van der Waals surface area contributed by atoms with E-state index in [9.17, 15) is 24.5 Å². The lowest BCUT2D eigenvalue weighted by atomic mass is 9.99. The maximum Gasteiger partial charge on any atom is 0.269 e. The summed E-state index contributed by atoms with van der Waals surface area (Å²) in [6.07, 6.45) is 4.53. The molecular formula is C31H30ClN5O8. The van der Waals surface area contributed by atoms with Gasteiger partial charge in [0.2, 0.25) is 0 Å². The Kier molecular flexibility index (Phi) is 11.6. The standard InChI is InChI=1S/C13H12N2O4.C13H14N2O2.C5H4ClNO2/c1-8-3-4-11(15(17)18)5-10(8)6-13(16)12-7-14-19-9(12)2;1-8-3-4-11(14)5-10(8)6-13(16)12-7-15-17-9(12)2;1-3-4(5(6)8)2-7-9-3/h3-5,7H,6H2,1-2H3;3-5,7H,6,14H2,1-2H3;2H,1H3. The van der Waals surface area contributed by atoms with E-state index < -0.39 is 10.2 Å². The molecule has 0 aliphatic heterocycles. The number of Topliss-reactive ketones (excluding diaryl/α,β-unsaturated/α-hetero) is 2. The Labute approximate surface area is 262 Å². The van der Waals surface area contributed by atoms with Gasteiger partial charge in [0.15, 0.2) is 11.6 Å². The minimum absolute atomic E-state index is 0.00236. The summed E-state index contributed by atoms with van der Waals surface area (Å²) >= 11 is 5.11. The molecule has 0 atom stereocenters. The topological polar surface area (TPSA) is 198 Å². The molecule has 0 aliphatic carbocycles. The van der Waals surface area contributed by atoms with Crippen LogP contribution >= 0.6 is 11.6 Å². The van der Waals surface area contributed by atoms with E-state index in [0.29, 0.717) is 51.6 Å². The monoisotopic (exact) mass is 635 g/mol. The largest absolute Gasteiger partial charge is 0.399 e. The van der Waals surface area contributed by atoms with Crippen LogP contribution in [-0.2, 0) is 12.8 Å². The predicted octanol–water partition coefficient (Wildman–Crippen LogP) is 6.29. The molecule has 0 saturated carbocycles. The number of nitrogens with zero attached hydrogens (tertiary/aromatic N) is 4. The molecule has 13 nitrogen and oxygen atoms in total. The molecule has 2 N–H and O–H groups in total. The van der Waals surface area contributed by atoms with Crippen molar-refractivity contribution in [3.05, 3.63) is 121 Å². The Morgan fingerprint density at radius 2 is 1.16 bits per heavy atom. The molecule has 14 heteroatoms. The zero-order valence-corrected chi connectivity index (χ0v) is 25.9. The van der Waals surface area contributed by atoms with Gasteiger partial charge in [-0.25, -0.2) is 0 Å². The molecule has 45 heavy (non-hydrogen) atoms. The minimum atomic E-state index is -0.534. The van der Waals surface area contributed by atoms with Gasteiger partial charge in [-0.3, -0.25) is 24.5 Å². The molecule has 0 saturated heterocycles. The van der Waals surface area contributed by atoms with Gasteiger partial charge in [-0.1, -0.05) is 27.6 Å². The number of ketones is 2. The molecule has 0 spiro atoms. The fourth-order valence-corrected chi connectivity index (χ4v) is 4.18. The third-order valence-electron chi connectivity index (χ3n) is 6.68. The van der Waals surface area contributed by atoms with Crippen molar-refractivity contribution in [3.63, 3.8) is 0 Å². The van der Waals surface area contributed by atoms with Crippen LogP contribution in [0.2, 0.25) is 0 Å². The minimum Gasteiger partial charge on any atom is -0.399 e. The molecule has 0 bridgehead atoms. The maximum atomic E-state index is 12.1. The van der Waals surface area contributed by atoms with Crippen LogP contribution in [0, 0.1) is 44.7 Å². The highest BCUT2D eigenvalue weighted by atomic mass is 35.5. The second-order valence-corrected chi connectivity index (χ2v) is 10.3. The molecule has 0 fully saturated rings. The molecule has 5 rings (SSSR count). The summed E-state index contributed by atoms with van der Waals surface area (Å²) in [7, 11) is 0. The van der Waals surface area contributed by atoms with Gasteiger partial charge in [0.1, 0.15) is 17.3 Å². The van der Waals surface area contributed by atoms with E-state index in [4.69, 9.17) is 26.4 Å². The van der Waals surface area contributed by atoms with Crippen LogP contribution in [0.1, 0.15) is 70.6 Å². The maximum absolute atomic E-state index is 12.1. The second-order valence-electron chi connectivity index (χ2n) is 9.91. The third-order valence-corrected chi connectivity index (χ3v) is 6.89. The molecule has 2 aromatic carbocycles. The number of hydrogen-bond donors (Lipinski definition) is 1. The van der Waals surface area contributed by atoms with Crippen LogP contribution in [0.4, 0.5) is 11.4 Å². The lowest BCUT2D eigenvalue weighted by Crippen LogP contribution is -2.05. The molecule has 3 aromatic heterocycles. The van der Waals surface area contributed by atoms with Gasteiger partial charge in [-0.15, -0.1) is 0 Å². The lowest BCUT2D eigenvalue weighted by Gasteiger charge is -2.05. The van der Waals surface area contributed by atoms with Gasteiger partial charge in [0.05, 0.1) is 40.2 Å². The van der Waals surface area contributed by atoms with Gasteiger partial charge in [-0.2, -0.15) is 0 Å². The fraction of sp³-hybridized carbons (Fsp3) is 0.226. The summed E-state index contributed by atoms with van der Waals surface area (Å²) in [5, 5.41) is 20.7. The first-order valence-electron chi connectivity index (χ1n) is 13.4. The number of benzene rings is 2. The number of nitrogens with two attached hydrogens (primary N) is 1. The Morgan fingerprint density at radius 1 is 0.733 bits per heavy atom. The first-order chi connectivity index (χ1) is 21.3. The average molecular weight is 636 g/mol. The number of aryl methyl sites for hydroxylation is 5. The first kappa shape index (κ1) is 34.1. The van der Waals surface area contributed by atoms with Crippen molar-refractivity contribution in [3.8, 4) is 0 Å². The number of halogens is 1. The SMILES string of the molecule is Cc1ccc(N)cc1CC(=O)c1cnoc1C.Cc1ccc([N+](=O)[O-])cc1CC(=O)c1cnoc1C.Cc1oncc1C(=O)Cl. The summed E-state index contributed by atoms with van der Waals surface area (Å²) in [6.45, 7) is 8.78. The predicted molar refractivity (Wildman–Crippen MR) is 163 cm³/mol. The number of aromatic nitrogens is 3. The highest BCUT2D eigenvalue weighted by Gasteiger charge is 2.17. The van der Waals surface area contributed by atoms with Gasteiger partial charge in [-0.05, 0) is 80.6 Å². The van der Waals surface area contributed by atoms with Gasteiger partial charge in [0, 0.05) is 30.7 Å². The first-order valence-corrected chi connectivity index (χ1v) is 13.7. The lowest BCUT2D eigenvalue weighted by molar-refractivity contribution is -0.384. The van der Waals surface area contributed by atoms with Crippen molar-refractivity contribution in [2.45, 2.75) is 47.5 Å². The summed E-state index contributed by atoms with van der Waals surface area (Å²) in [5.41, 5.74) is 11.1. The normalized spacial score (nSPS) is 10.3. The summed E-state index contributed by atoms with van der Waals surface area (Å²) < 4.78 is 14.3. The molecule has 3 heterocycles. The molecule has 234 valence electrons. The van der Waals surface area contributed by atoms with Crippen molar-refractivity contribution in [2.75, 3.05) is 5.73 Å². The van der Waals surface area contributed by atoms with E-state index >= 15 is 0 Å². The molecule has 5 aromatic rings. The molecular weight excluding hydrogens is 606 g/mol. The van der Waals surface area contributed by atoms with Crippen molar-refractivity contribution in [2.24, 2.45) is 0 Å². The number of carbonyl (C=O) groups excluding carboxylic acids is 3. The van der Waals surface area contributed by atoms with Crippen LogP contribution in [0.15, 0.2) is 68.6 Å². The quantitative estimate of drug-likeness (QED) is 0.0658. The van der Waals surface area contributed by atoms with Crippen molar-refractivity contribution < 1.29 is 32.9 Å². The Hall–Kier alpha value is -5.43. The van der Waals surface area contributed by atoms with Crippen LogP contribution in [0.25, 0.3) is 0 Å². The number of nitrogen functional groups attached to an aromatic ring is 1. The highest BCUT2D eigenvalue weighted by Crippen LogP contribution is 2.20. The van der Waals surface area contributed by atoms with E-state index in [0.717, 1.165) is 16.7 Å². The van der Waals surface area contributed by atoms with Crippen molar-refractivity contribution >= 4 is 39.8 Å². The number of hydrogen-bond acceptors (Lipinski definition) is 12. The van der Waals surface area contributed by atoms with Gasteiger partial charge >= 0.3 is 0 Å². The van der Waals surface area contributed by atoms with E-state index in [1.54, 1.807) is 26.8 Å². The van der Waals surface area contributed by atoms with Crippen molar-refractivity contribution in [1.29, 1.82) is 0 Å². The average Bonchev–Trinajstić information content (AvgIpc) is 3.73. The van der Waals surface area contributed by atoms with Gasteiger partial charge < -0.3 is 19.3 Å². The van der Waals surface area contributed by atoms with E-state index in [1.807, 2.05) is 32.0 Å². The molecule has 0 amide bonds. The molecule has 0 unspecified atom stereocenters. The van der Waals surface area contributed by atoms with E-state index in [-0.39, 0.29) is 23.7 Å². The Balaban J connectivity index is 0.000000195. The number of carbonyl (C=O) groups is 3. The number of rotatable bonds is 8. The Bertz CT molecular complexity index is 1840. The van der Waals surface area contributed by atoms with E-state index in [2.05, 4.69) is 20.0 Å². The zero-order valence-electron chi connectivity index (χ0n) is 25.1. The molecule has 0 radical (unpaired) electrons. The van der Waals surface area contributed by atoms with Crippen molar-refractivity contribution in [1.82, 2.24) is 15.5 Å². The Morgan fingerprint density at radius 3 is 1.53 bits per heavy atom. The smallest absolute Gasteiger partial charge is 0.269 e. The summed E-state index contributed by atoms with van der Waals surface area (Å²) in [5.74, 6) is 1.29.